The lowest BCUT2D eigenvalue weighted by atomic mass is 10.2. The summed E-state index contributed by atoms with van der Waals surface area (Å²) in [6, 6.07) is 9.32. The molecule has 1 aromatic heterocycles. The molecule has 0 saturated carbocycles. The van der Waals surface area contributed by atoms with Crippen LogP contribution in [-0.2, 0) is 0 Å². The van der Waals surface area contributed by atoms with E-state index >= 15 is 0 Å². The average Bonchev–Trinajstić information content (AvgIpc) is 2.84. The molecule has 0 spiro atoms. The van der Waals surface area contributed by atoms with Crippen LogP contribution in [0.3, 0.4) is 0 Å². The van der Waals surface area contributed by atoms with E-state index in [4.69, 9.17) is 4.74 Å². The maximum atomic E-state index is 13.2. The summed E-state index contributed by atoms with van der Waals surface area (Å²) in [4.78, 5) is 4.40. The highest BCUT2D eigenvalue weighted by Gasteiger charge is 2.10. The third-order valence-corrected chi connectivity index (χ3v) is 3.83. The summed E-state index contributed by atoms with van der Waals surface area (Å²) in [5, 5.41) is 0.655. The Morgan fingerprint density at radius 1 is 1.05 bits per heavy atom. The van der Waals surface area contributed by atoms with E-state index in [-0.39, 0.29) is 0 Å². The molecule has 0 unspecified atom stereocenters. The number of halogens is 2. The van der Waals surface area contributed by atoms with Crippen molar-refractivity contribution < 1.29 is 13.5 Å². The van der Waals surface area contributed by atoms with E-state index in [9.17, 15) is 8.78 Å². The fraction of sp³-hybridized carbons (Fsp3) is 0.0714. The maximum absolute atomic E-state index is 13.2. The molecule has 5 heteroatoms. The van der Waals surface area contributed by atoms with Gasteiger partial charge in [-0.1, -0.05) is 0 Å². The van der Waals surface area contributed by atoms with Crippen molar-refractivity contribution in [2.45, 2.75) is 0 Å². The second-order valence-electron chi connectivity index (χ2n) is 3.98. The molecule has 2 nitrogen and oxygen atoms in total. The fourth-order valence-electron chi connectivity index (χ4n) is 1.78. The van der Waals surface area contributed by atoms with Crippen LogP contribution in [0.15, 0.2) is 36.4 Å². The fourth-order valence-corrected chi connectivity index (χ4v) is 2.77. The van der Waals surface area contributed by atoms with Gasteiger partial charge in [0.05, 0.1) is 17.3 Å². The van der Waals surface area contributed by atoms with Gasteiger partial charge >= 0.3 is 0 Å². The van der Waals surface area contributed by atoms with E-state index in [0.717, 1.165) is 28.1 Å². The average molecular weight is 277 g/mol. The first kappa shape index (κ1) is 12.0. The van der Waals surface area contributed by atoms with Crippen LogP contribution in [0.25, 0.3) is 20.8 Å². The lowest BCUT2D eigenvalue weighted by Gasteiger charge is -1.96. The molecule has 0 radical (unpaired) electrons. The van der Waals surface area contributed by atoms with Crippen LogP contribution in [0.5, 0.6) is 5.75 Å². The van der Waals surface area contributed by atoms with Gasteiger partial charge in [0.2, 0.25) is 0 Å². The molecule has 19 heavy (non-hydrogen) atoms. The number of thiazole rings is 1. The van der Waals surface area contributed by atoms with Crippen LogP contribution in [0.2, 0.25) is 0 Å². The Morgan fingerprint density at radius 2 is 1.89 bits per heavy atom. The summed E-state index contributed by atoms with van der Waals surface area (Å²) in [6.07, 6.45) is 0. The number of benzene rings is 2. The minimum absolute atomic E-state index is 0.569. The van der Waals surface area contributed by atoms with Crippen LogP contribution < -0.4 is 4.74 Å². The van der Waals surface area contributed by atoms with Gasteiger partial charge in [0, 0.05) is 5.56 Å². The Hall–Kier alpha value is -2.01. The number of fused-ring (bicyclic) bond motifs is 1. The maximum Gasteiger partial charge on any atom is 0.159 e. The summed E-state index contributed by atoms with van der Waals surface area (Å²) in [5.74, 6) is -0.978. The molecule has 0 bridgehead atoms. The molecule has 0 atom stereocenters. The van der Waals surface area contributed by atoms with Gasteiger partial charge in [0.1, 0.15) is 10.8 Å². The quantitative estimate of drug-likeness (QED) is 0.698. The molecular weight excluding hydrogens is 268 g/mol. The molecule has 0 amide bonds. The van der Waals surface area contributed by atoms with Crippen molar-refractivity contribution in [2.75, 3.05) is 7.11 Å². The number of nitrogens with zero attached hydrogens (tertiary/aromatic N) is 1. The minimum atomic E-state index is -0.866. The van der Waals surface area contributed by atoms with Crippen LogP contribution >= 0.6 is 11.3 Å². The van der Waals surface area contributed by atoms with E-state index in [1.54, 1.807) is 7.11 Å². The first-order chi connectivity index (χ1) is 9.17. The van der Waals surface area contributed by atoms with E-state index < -0.39 is 11.6 Å². The Balaban J connectivity index is 2.11. The van der Waals surface area contributed by atoms with Gasteiger partial charge in [0.15, 0.2) is 11.6 Å². The third-order valence-electron chi connectivity index (χ3n) is 2.76. The zero-order chi connectivity index (χ0) is 13.4. The summed E-state index contributed by atoms with van der Waals surface area (Å²) >= 11 is 1.41. The Labute approximate surface area is 112 Å². The van der Waals surface area contributed by atoms with Crippen molar-refractivity contribution in [1.29, 1.82) is 0 Å². The van der Waals surface area contributed by atoms with Crippen molar-refractivity contribution >= 4 is 21.6 Å². The number of rotatable bonds is 2. The lowest BCUT2D eigenvalue weighted by molar-refractivity contribution is 0.415. The molecule has 96 valence electrons. The molecule has 3 aromatic rings. The topological polar surface area (TPSA) is 22.1 Å². The smallest absolute Gasteiger partial charge is 0.159 e. The molecule has 0 saturated heterocycles. The molecule has 0 fully saturated rings. The number of aromatic nitrogens is 1. The molecule has 0 aliphatic heterocycles. The van der Waals surface area contributed by atoms with Gasteiger partial charge in [-0.05, 0) is 36.4 Å². The van der Waals surface area contributed by atoms with Crippen molar-refractivity contribution in [3.05, 3.63) is 48.0 Å². The van der Waals surface area contributed by atoms with Crippen LogP contribution in [0, 0.1) is 11.6 Å². The van der Waals surface area contributed by atoms with Gasteiger partial charge < -0.3 is 4.74 Å². The molecule has 1 heterocycles. The second-order valence-corrected chi connectivity index (χ2v) is 5.01. The summed E-state index contributed by atoms with van der Waals surface area (Å²) in [6.45, 7) is 0. The minimum Gasteiger partial charge on any atom is -0.497 e. The molecule has 0 aliphatic carbocycles. The number of hydrogen-bond acceptors (Lipinski definition) is 3. The number of ether oxygens (including phenoxy) is 1. The van der Waals surface area contributed by atoms with Gasteiger partial charge in [-0.15, -0.1) is 11.3 Å². The summed E-state index contributed by atoms with van der Waals surface area (Å²) < 4.78 is 32.2. The van der Waals surface area contributed by atoms with E-state index in [1.165, 1.54) is 17.4 Å². The van der Waals surface area contributed by atoms with Gasteiger partial charge in [-0.3, -0.25) is 0 Å². The van der Waals surface area contributed by atoms with E-state index in [1.807, 2.05) is 18.2 Å². The Bertz CT molecular complexity index is 754. The summed E-state index contributed by atoms with van der Waals surface area (Å²) in [5.41, 5.74) is 1.38. The largest absolute Gasteiger partial charge is 0.497 e. The molecule has 2 aromatic carbocycles. The monoisotopic (exact) mass is 277 g/mol. The highest BCUT2D eigenvalue weighted by molar-refractivity contribution is 7.21. The normalized spacial score (nSPS) is 10.9. The third kappa shape index (κ3) is 2.17. The zero-order valence-electron chi connectivity index (χ0n) is 9.98. The molecule has 3 rings (SSSR count). The lowest BCUT2D eigenvalue weighted by Crippen LogP contribution is -1.84. The highest BCUT2D eigenvalue weighted by atomic mass is 32.1. The second kappa shape index (κ2) is 4.59. The van der Waals surface area contributed by atoms with Gasteiger partial charge in [-0.2, -0.15) is 0 Å². The Morgan fingerprint density at radius 3 is 2.63 bits per heavy atom. The number of methoxy groups -OCH3 is 1. The predicted molar refractivity (Wildman–Crippen MR) is 71.5 cm³/mol. The molecule has 0 N–H and O–H groups in total. The predicted octanol–water partition coefficient (Wildman–Crippen LogP) is 4.25. The molecular formula is C14H9F2NOS. The SMILES string of the molecule is COc1ccc2nc(-c3ccc(F)c(F)c3)sc2c1. The van der Waals surface area contributed by atoms with E-state index in [2.05, 4.69) is 4.98 Å². The number of hydrogen-bond donors (Lipinski definition) is 0. The van der Waals surface area contributed by atoms with Crippen molar-refractivity contribution in [3.63, 3.8) is 0 Å². The van der Waals surface area contributed by atoms with Crippen molar-refractivity contribution in [2.24, 2.45) is 0 Å². The highest BCUT2D eigenvalue weighted by Crippen LogP contribution is 2.32. The van der Waals surface area contributed by atoms with Crippen molar-refractivity contribution in [3.8, 4) is 16.3 Å². The first-order valence-corrected chi connectivity index (χ1v) is 6.39. The van der Waals surface area contributed by atoms with Crippen LogP contribution in [0.4, 0.5) is 8.78 Å². The van der Waals surface area contributed by atoms with Crippen LogP contribution in [-0.4, -0.2) is 12.1 Å². The van der Waals surface area contributed by atoms with Gasteiger partial charge in [-0.25, -0.2) is 13.8 Å². The van der Waals surface area contributed by atoms with Gasteiger partial charge in [0.25, 0.3) is 0 Å². The Kier molecular flexibility index (Phi) is 2.91. The standard InChI is InChI=1S/C14H9F2NOS/c1-18-9-3-5-12-13(7-9)19-14(17-12)8-2-4-10(15)11(16)6-8/h2-7H,1H3. The summed E-state index contributed by atoms with van der Waals surface area (Å²) in [7, 11) is 1.60. The first-order valence-electron chi connectivity index (χ1n) is 5.57. The van der Waals surface area contributed by atoms with E-state index in [0.29, 0.717) is 10.6 Å². The zero-order valence-corrected chi connectivity index (χ0v) is 10.8. The van der Waals surface area contributed by atoms with Crippen LogP contribution in [0.1, 0.15) is 0 Å². The van der Waals surface area contributed by atoms with Crippen molar-refractivity contribution in [1.82, 2.24) is 4.98 Å². The molecule has 0 aliphatic rings.